The second-order valence-electron chi connectivity index (χ2n) is 3.57. The van der Waals surface area contributed by atoms with E-state index in [1.807, 2.05) is 0 Å². The van der Waals surface area contributed by atoms with Crippen molar-refractivity contribution in [3.8, 4) is 18.1 Å². The Hall–Kier alpha value is -2.04. The standard InChI is InChI=1S/C12H13NO5S/c1-3-6-13-19(16,17)11-5-4-10(18-2)7-9(11)8-12(14)15/h1,4-5,7,13H,6,8H2,2H3,(H,14,15). The third-order valence-electron chi connectivity index (χ3n) is 2.26. The summed E-state index contributed by atoms with van der Waals surface area (Å²) in [5.74, 6) is 1.39. The normalized spacial score (nSPS) is 10.7. The number of benzene rings is 1. The molecule has 0 aliphatic rings. The molecule has 102 valence electrons. The van der Waals surface area contributed by atoms with Crippen LogP contribution in [0.25, 0.3) is 0 Å². The maximum absolute atomic E-state index is 12.0. The maximum Gasteiger partial charge on any atom is 0.307 e. The number of carboxylic acid groups (broad SMARTS) is 1. The predicted molar refractivity (Wildman–Crippen MR) is 68.4 cm³/mol. The van der Waals surface area contributed by atoms with Gasteiger partial charge in [-0.1, -0.05) is 5.92 Å². The molecule has 0 atom stereocenters. The largest absolute Gasteiger partial charge is 0.497 e. The third-order valence-corrected chi connectivity index (χ3v) is 3.76. The number of carboxylic acids is 1. The maximum atomic E-state index is 12.0. The van der Waals surface area contributed by atoms with Crippen molar-refractivity contribution in [3.05, 3.63) is 23.8 Å². The second-order valence-corrected chi connectivity index (χ2v) is 5.31. The minimum absolute atomic E-state index is 0.119. The number of methoxy groups -OCH3 is 1. The molecule has 0 aliphatic heterocycles. The monoisotopic (exact) mass is 283 g/mol. The fourth-order valence-corrected chi connectivity index (χ4v) is 2.61. The first kappa shape index (κ1) is 15.0. The van der Waals surface area contributed by atoms with Crippen molar-refractivity contribution in [1.82, 2.24) is 4.72 Å². The van der Waals surface area contributed by atoms with E-state index in [4.69, 9.17) is 16.3 Å². The van der Waals surface area contributed by atoms with E-state index in [1.54, 1.807) is 0 Å². The van der Waals surface area contributed by atoms with Gasteiger partial charge in [0.25, 0.3) is 0 Å². The second kappa shape index (κ2) is 6.22. The molecule has 0 saturated heterocycles. The molecule has 0 fully saturated rings. The van der Waals surface area contributed by atoms with Crippen LogP contribution in [-0.2, 0) is 21.2 Å². The van der Waals surface area contributed by atoms with Crippen LogP contribution in [0.2, 0.25) is 0 Å². The van der Waals surface area contributed by atoms with Crippen molar-refractivity contribution in [3.63, 3.8) is 0 Å². The van der Waals surface area contributed by atoms with Gasteiger partial charge in [-0.25, -0.2) is 8.42 Å². The van der Waals surface area contributed by atoms with E-state index >= 15 is 0 Å². The summed E-state index contributed by atoms with van der Waals surface area (Å²) in [5, 5.41) is 8.81. The molecular weight excluding hydrogens is 270 g/mol. The summed E-state index contributed by atoms with van der Waals surface area (Å²) in [7, 11) is -2.43. The van der Waals surface area contributed by atoms with Crippen LogP contribution in [0, 0.1) is 12.3 Å². The summed E-state index contributed by atoms with van der Waals surface area (Å²) in [6, 6.07) is 4.10. The molecule has 0 spiro atoms. The molecule has 0 saturated carbocycles. The Kier molecular flexibility index (Phi) is 4.92. The van der Waals surface area contributed by atoms with Crippen molar-refractivity contribution in [1.29, 1.82) is 0 Å². The molecule has 0 bridgehead atoms. The molecular formula is C12H13NO5S. The molecule has 7 heteroatoms. The van der Waals surface area contributed by atoms with E-state index < -0.39 is 22.4 Å². The lowest BCUT2D eigenvalue weighted by atomic mass is 10.1. The highest BCUT2D eigenvalue weighted by atomic mass is 32.2. The molecule has 0 heterocycles. The zero-order valence-corrected chi connectivity index (χ0v) is 11.0. The zero-order valence-electron chi connectivity index (χ0n) is 10.2. The highest BCUT2D eigenvalue weighted by Gasteiger charge is 2.19. The lowest BCUT2D eigenvalue weighted by Gasteiger charge is -2.10. The van der Waals surface area contributed by atoms with Crippen molar-refractivity contribution in [2.45, 2.75) is 11.3 Å². The Labute approximate surface area is 111 Å². The Morgan fingerprint density at radius 1 is 1.53 bits per heavy atom. The molecule has 0 aromatic heterocycles. The van der Waals surface area contributed by atoms with Gasteiger partial charge in [0.15, 0.2) is 0 Å². The number of hydrogen-bond donors (Lipinski definition) is 2. The Morgan fingerprint density at radius 2 is 2.21 bits per heavy atom. The van der Waals surface area contributed by atoms with Gasteiger partial charge in [0.2, 0.25) is 10.0 Å². The van der Waals surface area contributed by atoms with E-state index in [0.717, 1.165) is 0 Å². The van der Waals surface area contributed by atoms with Crippen LogP contribution >= 0.6 is 0 Å². The number of carbonyl (C=O) groups is 1. The van der Waals surface area contributed by atoms with E-state index in [9.17, 15) is 13.2 Å². The first-order valence-corrected chi connectivity index (χ1v) is 6.71. The molecule has 0 unspecified atom stereocenters. The molecule has 0 radical (unpaired) electrons. The lowest BCUT2D eigenvalue weighted by Crippen LogP contribution is -2.25. The minimum Gasteiger partial charge on any atom is -0.497 e. The van der Waals surface area contributed by atoms with Crippen LogP contribution in [0.3, 0.4) is 0 Å². The van der Waals surface area contributed by atoms with Gasteiger partial charge in [-0.05, 0) is 23.8 Å². The third kappa shape index (κ3) is 3.98. The summed E-state index contributed by atoms with van der Waals surface area (Å²) < 4.78 is 31.0. The molecule has 0 aliphatic carbocycles. The summed E-state index contributed by atoms with van der Waals surface area (Å²) in [5.41, 5.74) is 0.136. The van der Waals surface area contributed by atoms with Gasteiger partial charge in [-0.15, -0.1) is 6.42 Å². The highest BCUT2D eigenvalue weighted by Crippen LogP contribution is 2.22. The van der Waals surface area contributed by atoms with Crippen LogP contribution in [-0.4, -0.2) is 33.1 Å². The molecule has 19 heavy (non-hydrogen) atoms. The van der Waals surface area contributed by atoms with Gasteiger partial charge in [-0.2, -0.15) is 4.72 Å². The quantitative estimate of drug-likeness (QED) is 0.729. The number of hydrogen-bond acceptors (Lipinski definition) is 4. The number of ether oxygens (including phenoxy) is 1. The van der Waals surface area contributed by atoms with Gasteiger partial charge in [0.05, 0.1) is 25.0 Å². The molecule has 1 aromatic rings. The van der Waals surface area contributed by atoms with Crippen molar-refractivity contribution < 1.29 is 23.1 Å². The first-order valence-electron chi connectivity index (χ1n) is 5.22. The summed E-state index contributed by atoms with van der Waals surface area (Å²) in [4.78, 5) is 10.7. The van der Waals surface area contributed by atoms with Crippen LogP contribution in [0.4, 0.5) is 0 Å². The summed E-state index contributed by atoms with van der Waals surface area (Å²) >= 11 is 0. The zero-order chi connectivity index (χ0) is 14.5. The molecule has 1 rings (SSSR count). The van der Waals surface area contributed by atoms with Crippen molar-refractivity contribution >= 4 is 16.0 Å². The summed E-state index contributed by atoms with van der Waals surface area (Å²) in [6.45, 7) is -0.166. The first-order chi connectivity index (χ1) is 8.90. The number of sulfonamides is 1. The highest BCUT2D eigenvalue weighted by molar-refractivity contribution is 7.89. The fraction of sp³-hybridized carbons (Fsp3) is 0.250. The van der Waals surface area contributed by atoms with Crippen LogP contribution in [0.15, 0.2) is 23.1 Å². The van der Waals surface area contributed by atoms with Gasteiger partial charge in [-0.3, -0.25) is 4.79 Å². The average molecular weight is 283 g/mol. The predicted octanol–water partition coefficient (Wildman–Crippen LogP) is 0.234. The van der Waals surface area contributed by atoms with Crippen molar-refractivity contribution in [2.24, 2.45) is 0 Å². The Morgan fingerprint density at radius 3 is 2.74 bits per heavy atom. The smallest absolute Gasteiger partial charge is 0.307 e. The van der Waals surface area contributed by atoms with E-state index in [1.165, 1.54) is 25.3 Å². The van der Waals surface area contributed by atoms with Gasteiger partial charge < -0.3 is 9.84 Å². The number of rotatable bonds is 6. The fourth-order valence-electron chi connectivity index (χ4n) is 1.46. The molecule has 2 N–H and O–H groups in total. The molecule has 6 nitrogen and oxygen atoms in total. The minimum atomic E-state index is -3.84. The molecule has 1 aromatic carbocycles. The van der Waals surface area contributed by atoms with Gasteiger partial charge in [0, 0.05) is 0 Å². The lowest BCUT2D eigenvalue weighted by molar-refractivity contribution is -0.136. The van der Waals surface area contributed by atoms with Crippen LogP contribution in [0.1, 0.15) is 5.56 Å². The Balaban J connectivity index is 3.26. The number of aliphatic carboxylic acids is 1. The number of nitrogens with one attached hydrogen (secondary N) is 1. The number of terminal acetylenes is 1. The van der Waals surface area contributed by atoms with E-state index in [2.05, 4.69) is 10.6 Å². The molecule has 0 amide bonds. The average Bonchev–Trinajstić information content (AvgIpc) is 2.35. The Bertz CT molecular complexity index is 615. The van der Waals surface area contributed by atoms with Crippen molar-refractivity contribution in [2.75, 3.05) is 13.7 Å². The van der Waals surface area contributed by atoms with E-state index in [0.29, 0.717) is 5.75 Å². The van der Waals surface area contributed by atoms with Crippen LogP contribution in [0.5, 0.6) is 5.75 Å². The van der Waals surface area contributed by atoms with E-state index in [-0.39, 0.29) is 17.0 Å². The van der Waals surface area contributed by atoms with Gasteiger partial charge in [0.1, 0.15) is 5.75 Å². The topological polar surface area (TPSA) is 92.7 Å². The SMILES string of the molecule is C#CCNS(=O)(=O)c1ccc(OC)cc1CC(=O)O. The van der Waals surface area contributed by atoms with Crippen LogP contribution < -0.4 is 9.46 Å². The van der Waals surface area contributed by atoms with Gasteiger partial charge >= 0.3 is 5.97 Å². The summed E-state index contributed by atoms with van der Waals surface area (Å²) in [6.07, 6.45) is 4.56.